The van der Waals surface area contributed by atoms with E-state index in [1.165, 1.54) is 0 Å². The van der Waals surface area contributed by atoms with Crippen LogP contribution in [-0.4, -0.2) is 23.9 Å². The smallest absolute Gasteiger partial charge is 0.153 e. The average Bonchev–Trinajstić information content (AvgIpc) is 3.01. The largest absolute Gasteiger partial charge is 0.481 e. The summed E-state index contributed by atoms with van der Waals surface area (Å²) >= 11 is 18.1. The van der Waals surface area contributed by atoms with E-state index in [4.69, 9.17) is 55.7 Å². The number of benzene rings is 4. The van der Waals surface area contributed by atoms with Crippen molar-refractivity contribution in [1.82, 2.24) is 10.6 Å². The molecule has 2 atom stereocenters. The number of fused-ring (bicyclic) bond motifs is 2. The van der Waals surface area contributed by atoms with E-state index in [-0.39, 0.29) is 86.7 Å². The first kappa shape index (κ1) is 51.1. The summed E-state index contributed by atoms with van der Waals surface area (Å²) in [5.41, 5.74) is 17.6. The maximum atomic E-state index is 6.14. The molecule has 2 heterocycles. The van der Waals surface area contributed by atoms with Crippen molar-refractivity contribution in [1.29, 1.82) is 0 Å². The van der Waals surface area contributed by atoms with Crippen molar-refractivity contribution >= 4 is 132 Å². The van der Waals surface area contributed by atoms with Gasteiger partial charge in [-0.1, -0.05) is 71.2 Å². The molecule has 2 unspecified atom stereocenters. The molecule has 0 saturated heterocycles. The maximum absolute atomic E-state index is 6.14. The lowest BCUT2D eigenvalue weighted by Crippen LogP contribution is -2.33. The van der Waals surface area contributed by atoms with E-state index in [9.17, 15) is 0 Å². The molecule has 17 heteroatoms. The van der Waals surface area contributed by atoms with Gasteiger partial charge in [0, 0.05) is 31.2 Å². The fourth-order valence-electron chi connectivity index (χ4n) is 4.67. The first-order valence-corrected chi connectivity index (χ1v) is 15.7. The van der Waals surface area contributed by atoms with Crippen molar-refractivity contribution in [2.75, 3.05) is 0 Å². The second kappa shape index (κ2) is 24.3. The Bertz CT molecular complexity index is 1750. The summed E-state index contributed by atoms with van der Waals surface area (Å²) in [7, 11) is 0. The summed E-state index contributed by atoms with van der Waals surface area (Å²) in [4.78, 5) is 8.77. The van der Waals surface area contributed by atoms with E-state index in [0.29, 0.717) is 34.8 Å². The van der Waals surface area contributed by atoms with Gasteiger partial charge in [0.25, 0.3) is 0 Å². The number of hydrogen-bond donors (Lipinski definition) is 4. The van der Waals surface area contributed by atoms with Crippen molar-refractivity contribution in [2.45, 2.75) is 52.2 Å². The molecule has 2 aliphatic heterocycles. The summed E-state index contributed by atoms with van der Waals surface area (Å²) in [6, 6.07) is 25.3. The monoisotopic (exact) mass is 880 g/mol. The van der Waals surface area contributed by atoms with Crippen LogP contribution in [-0.2, 0) is 26.2 Å². The number of aliphatic imine (C=N–C) groups is 2. The quantitative estimate of drug-likeness (QED) is 0.140. The van der Waals surface area contributed by atoms with Crippen molar-refractivity contribution in [3.05, 3.63) is 116 Å². The summed E-state index contributed by atoms with van der Waals surface area (Å²) < 4.78 is 11.4. The zero-order valence-electron chi connectivity index (χ0n) is 27.4. The van der Waals surface area contributed by atoms with E-state index >= 15 is 0 Å². The van der Waals surface area contributed by atoms with E-state index in [1.54, 1.807) is 6.07 Å². The number of rotatable bonds is 8. The Morgan fingerprint density at radius 1 is 0.549 bits per heavy atom. The van der Waals surface area contributed by atoms with Gasteiger partial charge >= 0.3 is 0 Å². The van der Waals surface area contributed by atoms with Crippen LogP contribution in [0.5, 0.6) is 11.5 Å². The van der Waals surface area contributed by atoms with Crippen LogP contribution in [0.3, 0.4) is 0 Å². The predicted octanol–water partition coefficient (Wildman–Crippen LogP) is 9.98. The SMILES string of the molecule is CC1Oc2ccc(CNCc3ccc(Cl)c(Cl)c3)cc2N=C1N.CC1Oc2ccc(CNCc3ccccc3Cl)cc2N=C1N.Cl.Cl.Cl.Cl.Cl.Cl. The minimum Gasteiger partial charge on any atom is -0.481 e. The second-order valence-corrected chi connectivity index (χ2v) is 12.0. The van der Waals surface area contributed by atoms with Crippen molar-refractivity contribution in [3.63, 3.8) is 0 Å². The maximum Gasteiger partial charge on any atom is 0.153 e. The van der Waals surface area contributed by atoms with Gasteiger partial charge in [0.15, 0.2) is 12.2 Å². The Labute approximate surface area is 351 Å². The van der Waals surface area contributed by atoms with Crippen LogP contribution in [0.15, 0.2) is 88.8 Å². The molecule has 8 nitrogen and oxygen atoms in total. The Morgan fingerprint density at radius 3 is 1.45 bits per heavy atom. The molecule has 282 valence electrons. The Kier molecular flexibility index (Phi) is 24.3. The molecular weight excluding hydrogens is 843 g/mol. The van der Waals surface area contributed by atoms with Crippen LogP contribution in [0.2, 0.25) is 15.1 Å². The molecule has 2 aliphatic rings. The molecule has 4 aromatic carbocycles. The minimum absolute atomic E-state index is 0. The number of amidine groups is 2. The fraction of sp³-hybridized carbons (Fsp3) is 0.235. The molecule has 0 aromatic heterocycles. The molecule has 51 heavy (non-hydrogen) atoms. The summed E-state index contributed by atoms with van der Waals surface area (Å²) in [5, 5.41) is 8.66. The molecule has 0 amide bonds. The zero-order valence-corrected chi connectivity index (χ0v) is 34.6. The summed E-state index contributed by atoms with van der Waals surface area (Å²) in [6.07, 6.45) is -0.349. The molecule has 0 aliphatic carbocycles. The van der Waals surface area contributed by atoms with Crippen LogP contribution in [0.1, 0.15) is 36.1 Å². The highest BCUT2D eigenvalue weighted by Crippen LogP contribution is 2.34. The van der Waals surface area contributed by atoms with Crippen LogP contribution >= 0.6 is 109 Å². The third-order valence-electron chi connectivity index (χ3n) is 7.23. The highest BCUT2D eigenvalue weighted by atomic mass is 35.5. The first-order chi connectivity index (χ1) is 21.7. The number of hydrogen-bond acceptors (Lipinski definition) is 8. The van der Waals surface area contributed by atoms with Gasteiger partial charge in [0.2, 0.25) is 0 Å². The average molecular weight is 885 g/mol. The van der Waals surface area contributed by atoms with Gasteiger partial charge in [0.1, 0.15) is 34.5 Å². The van der Waals surface area contributed by atoms with E-state index in [2.05, 4.69) is 20.6 Å². The van der Waals surface area contributed by atoms with Crippen molar-refractivity contribution < 1.29 is 9.47 Å². The minimum atomic E-state index is -0.180. The van der Waals surface area contributed by atoms with Gasteiger partial charge in [-0.05, 0) is 78.6 Å². The Morgan fingerprint density at radius 2 is 0.980 bits per heavy atom. The number of nitrogens with zero attached hydrogens (tertiary/aromatic N) is 2. The van der Waals surface area contributed by atoms with Gasteiger partial charge in [-0.3, -0.25) is 0 Å². The third-order valence-corrected chi connectivity index (χ3v) is 8.34. The van der Waals surface area contributed by atoms with Crippen LogP contribution < -0.4 is 31.6 Å². The molecule has 0 radical (unpaired) electrons. The first-order valence-electron chi connectivity index (χ1n) is 14.5. The molecule has 0 bridgehead atoms. The summed E-state index contributed by atoms with van der Waals surface area (Å²) in [5.74, 6) is 2.54. The highest BCUT2D eigenvalue weighted by molar-refractivity contribution is 6.42. The highest BCUT2D eigenvalue weighted by Gasteiger charge is 2.19. The molecule has 6 rings (SSSR count). The van der Waals surface area contributed by atoms with Crippen LogP contribution in [0.25, 0.3) is 0 Å². The van der Waals surface area contributed by atoms with E-state index in [0.717, 1.165) is 63.2 Å². The van der Waals surface area contributed by atoms with E-state index in [1.807, 2.05) is 86.6 Å². The molecule has 4 aromatic rings. The predicted molar refractivity (Wildman–Crippen MR) is 228 cm³/mol. The zero-order chi connectivity index (χ0) is 31.9. The summed E-state index contributed by atoms with van der Waals surface area (Å²) in [6.45, 7) is 6.62. The topological polar surface area (TPSA) is 119 Å². The Balaban J connectivity index is 0. The molecule has 0 spiro atoms. The van der Waals surface area contributed by atoms with Gasteiger partial charge in [-0.25, -0.2) is 9.98 Å². The number of halogens is 9. The standard InChI is InChI=1S/C17H17Cl2N3O.C17H18ClN3O.6ClH/c1-10-17(20)22-15-7-12(3-5-16(15)23-10)9-21-8-11-2-4-13(18)14(19)6-11;1-11-17(19)21-15-8-12(6-7-16(15)22-11)9-20-10-13-4-2-3-5-14(13)18;;;;;;/h2-7,10,21H,8-9H2,1H3,(H2,20,22);2-8,11,20H,9-10H2,1H3,(H2,19,21);6*1H. The van der Waals surface area contributed by atoms with Crippen LogP contribution in [0, 0.1) is 0 Å². The molecule has 6 N–H and O–H groups in total. The number of nitrogens with two attached hydrogens (primary N) is 2. The van der Waals surface area contributed by atoms with Gasteiger partial charge in [-0.15, -0.1) is 74.4 Å². The molecular formula is C34H41Cl9N6O2. The number of nitrogens with one attached hydrogen (secondary N) is 2. The van der Waals surface area contributed by atoms with Gasteiger partial charge in [0.05, 0.1) is 10.0 Å². The lowest BCUT2D eigenvalue weighted by atomic mass is 10.1. The molecule has 0 fully saturated rings. The lowest BCUT2D eigenvalue weighted by molar-refractivity contribution is 0.281. The van der Waals surface area contributed by atoms with Gasteiger partial charge in [-0.2, -0.15) is 0 Å². The molecule has 0 saturated carbocycles. The normalized spacial score (nSPS) is 14.6. The van der Waals surface area contributed by atoms with Gasteiger partial charge < -0.3 is 31.6 Å². The third kappa shape index (κ3) is 14.4. The fourth-order valence-corrected chi connectivity index (χ4v) is 5.19. The second-order valence-electron chi connectivity index (χ2n) is 10.7. The van der Waals surface area contributed by atoms with Crippen molar-refractivity contribution in [3.8, 4) is 11.5 Å². The van der Waals surface area contributed by atoms with E-state index < -0.39 is 0 Å². The number of ether oxygens (including phenoxy) is 2. The van der Waals surface area contributed by atoms with Crippen LogP contribution in [0.4, 0.5) is 11.4 Å². The lowest BCUT2D eigenvalue weighted by Gasteiger charge is -2.21. The van der Waals surface area contributed by atoms with Crippen molar-refractivity contribution in [2.24, 2.45) is 21.5 Å². The Hall–Kier alpha value is -2.05.